The molecule has 1 aromatic rings. The maximum absolute atomic E-state index is 13.6. The molecule has 1 aromatic carbocycles. The van der Waals surface area contributed by atoms with Gasteiger partial charge < -0.3 is 19.3 Å². The number of piperazine rings is 1. The number of nitrogens with zero attached hydrogens (tertiary/aromatic N) is 2. The van der Waals surface area contributed by atoms with Crippen molar-refractivity contribution in [2.75, 3.05) is 31.6 Å². The van der Waals surface area contributed by atoms with Gasteiger partial charge in [0.05, 0.1) is 12.8 Å². The number of hydrogen-bond donors (Lipinski definition) is 0. The molecule has 1 aliphatic heterocycles. The average molecular weight is 342 g/mol. The number of rotatable bonds is 2. The number of carbonyl (C=O) groups is 1. The van der Waals surface area contributed by atoms with Crippen LogP contribution in [0.1, 0.15) is 27.7 Å². The lowest BCUT2D eigenvalue weighted by molar-refractivity contribution is 0.0218. The molecule has 1 aliphatic rings. The summed E-state index contributed by atoms with van der Waals surface area (Å²) < 4.78 is 37.6. The first-order valence-electron chi connectivity index (χ1n) is 7.90. The Labute approximate surface area is 141 Å². The lowest BCUT2D eigenvalue weighted by Gasteiger charge is -2.41. The first-order valence-corrected chi connectivity index (χ1v) is 7.90. The average Bonchev–Trinajstić information content (AvgIpc) is 2.48. The molecule has 24 heavy (non-hydrogen) atoms. The Morgan fingerprint density at radius 1 is 1.21 bits per heavy atom. The lowest BCUT2D eigenvalue weighted by atomic mass is 10.1. The molecule has 0 aromatic heterocycles. The smallest absolute Gasteiger partial charge is 0.410 e. The number of anilines is 1. The van der Waals surface area contributed by atoms with Crippen LogP contribution in [0.25, 0.3) is 0 Å². The molecule has 0 spiro atoms. The molecule has 1 atom stereocenters. The number of halogens is 2. The van der Waals surface area contributed by atoms with E-state index in [1.807, 2.05) is 32.6 Å². The van der Waals surface area contributed by atoms with Gasteiger partial charge in [-0.1, -0.05) is 0 Å². The summed E-state index contributed by atoms with van der Waals surface area (Å²) in [5.74, 6) is -1.60. The lowest BCUT2D eigenvalue weighted by Crippen LogP contribution is -2.54. The highest BCUT2D eigenvalue weighted by molar-refractivity contribution is 5.69. The van der Waals surface area contributed by atoms with Crippen molar-refractivity contribution in [3.8, 4) is 5.75 Å². The fourth-order valence-electron chi connectivity index (χ4n) is 2.71. The second-order valence-corrected chi connectivity index (χ2v) is 6.91. The van der Waals surface area contributed by atoms with Gasteiger partial charge in [0.1, 0.15) is 11.4 Å². The van der Waals surface area contributed by atoms with E-state index in [1.165, 1.54) is 7.11 Å². The molecule has 0 N–H and O–H groups in total. The number of methoxy groups -OCH3 is 1. The van der Waals surface area contributed by atoms with Crippen molar-refractivity contribution in [1.82, 2.24) is 4.90 Å². The van der Waals surface area contributed by atoms with Gasteiger partial charge in [0.25, 0.3) is 0 Å². The highest BCUT2D eigenvalue weighted by Crippen LogP contribution is 2.33. The van der Waals surface area contributed by atoms with E-state index in [1.54, 1.807) is 4.90 Å². The SMILES string of the molecule is COc1cc(F)c(F)cc1N1CCN(C(=O)OC(C)(C)C)C[C@@H]1C. The predicted octanol–water partition coefficient (Wildman–Crippen LogP) is 3.42. The second-order valence-electron chi connectivity index (χ2n) is 6.91. The molecule has 1 saturated heterocycles. The van der Waals surface area contributed by atoms with Crippen LogP contribution < -0.4 is 9.64 Å². The summed E-state index contributed by atoms with van der Waals surface area (Å²) in [5, 5.41) is 0. The van der Waals surface area contributed by atoms with Crippen LogP contribution in [-0.2, 0) is 4.74 Å². The van der Waals surface area contributed by atoms with Crippen LogP contribution in [0.15, 0.2) is 12.1 Å². The van der Waals surface area contributed by atoms with E-state index in [9.17, 15) is 13.6 Å². The van der Waals surface area contributed by atoms with E-state index in [-0.39, 0.29) is 17.9 Å². The molecule has 1 fully saturated rings. The summed E-state index contributed by atoms with van der Waals surface area (Å²) in [6.45, 7) is 8.70. The van der Waals surface area contributed by atoms with E-state index in [2.05, 4.69) is 0 Å². The van der Waals surface area contributed by atoms with Crippen molar-refractivity contribution < 1.29 is 23.0 Å². The predicted molar refractivity (Wildman–Crippen MR) is 87.5 cm³/mol. The van der Waals surface area contributed by atoms with Gasteiger partial charge in [0.15, 0.2) is 11.6 Å². The van der Waals surface area contributed by atoms with Crippen molar-refractivity contribution >= 4 is 11.8 Å². The molecule has 1 heterocycles. The van der Waals surface area contributed by atoms with Crippen molar-refractivity contribution in [3.05, 3.63) is 23.8 Å². The molecule has 2 rings (SSSR count). The summed E-state index contributed by atoms with van der Waals surface area (Å²) in [6.07, 6.45) is -0.369. The minimum absolute atomic E-state index is 0.0926. The maximum Gasteiger partial charge on any atom is 0.410 e. The van der Waals surface area contributed by atoms with E-state index in [0.29, 0.717) is 25.3 Å². The summed E-state index contributed by atoms with van der Waals surface area (Å²) in [6, 6.07) is 2.08. The highest BCUT2D eigenvalue weighted by Gasteiger charge is 2.31. The number of carbonyl (C=O) groups excluding carboxylic acids is 1. The monoisotopic (exact) mass is 342 g/mol. The Kier molecular flexibility index (Phi) is 5.20. The van der Waals surface area contributed by atoms with Crippen LogP contribution in [0.5, 0.6) is 5.75 Å². The first kappa shape index (κ1) is 18.3. The zero-order chi connectivity index (χ0) is 18.1. The normalized spacial score (nSPS) is 18.5. The zero-order valence-corrected chi connectivity index (χ0v) is 14.7. The largest absolute Gasteiger partial charge is 0.494 e. The number of amides is 1. The summed E-state index contributed by atoms with van der Waals surface area (Å²) in [7, 11) is 1.41. The Morgan fingerprint density at radius 2 is 1.83 bits per heavy atom. The molecule has 0 unspecified atom stereocenters. The minimum atomic E-state index is -0.948. The van der Waals surface area contributed by atoms with Crippen LogP contribution in [0.2, 0.25) is 0 Å². The molecule has 1 amide bonds. The molecule has 0 aliphatic carbocycles. The fraction of sp³-hybridized carbons (Fsp3) is 0.588. The van der Waals surface area contributed by atoms with E-state index in [4.69, 9.17) is 9.47 Å². The van der Waals surface area contributed by atoms with Gasteiger partial charge in [0, 0.05) is 37.8 Å². The topological polar surface area (TPSA) is 42.0 Å². The van der Waals surface area contributed by atoms with Gasteiger partial charge in [-0.3, -0.25) is 0 Å². The first-order chi connectivity index (χ1) is 11.1. The van der Waals surface area contributed by atoms with Crippen molar-refractivity contribution in [1.29, 1.82) is 0 Å². The van der Waals surface area contributed by atoms with E-state index < -0.39 is 17.2 Å². The van der Waals surface area contributed by atoms with Crippen LogP contribution in [0, 0.1) is 11.6 Å². The number of hydrogen-bond acceptors (Lipinski definition) is 4. The van der Waals surface area contributed by atoms with Crippen molar-refractivity contribution in [3.63, 3.8) is 0 Å². The third-order valence-corrected chi connectivity index (χ3v) is 3.81. The van der Waals surface area contributed by atoms with Crippen molar-refractivity contribution in [2.24, 2.45) is 0 Å². The van der Waals surface area contributed by atoms with Crippen LogP contribution in [0.3, 0.4) is 0 Å². The molecule has 0 bridgehead atoms. The third-order valence-electron chi connectivity index (χ3n) is 3.81. The van der Waals surface area contributed by atoms with Gasteiger partial charge in [-0.25, -0.2) is 13.6 Å². The Hall–Kier alpha value is -2.05. The van der Waals surface area contributed by atoms with Crippen LogP contribution in [0.4, 0.5) is 19.3 Å². The van der Waals surface area contributed by atoms with E-state index in [0.717, 1.165) is 12.1 Å². The van der Waals surface area contributed by atoms with Gasteiger partial charge in [0.2, 0.25) is 0 Å². The van der Waals surface area contributed by atoms with Crippen LogP contribution in [-0.4, -0.2) is 49.4 Å². The van der Waals surface area contributed by atoms with Crippen molar-refractivity contribution in [2.45, 2.75) is 39.3 Å². The molecular formula is C17H24F2N2O3. The highest BCUT2D eigenvalue weighted by atomic mass is 19.2. The summed E-state index contributed by atoms with van der Waals surface area (Å²) in [4.78, 5) is 15.7. The molecular weight excluding hydrogens is 318 g/mol. The number of benzene rings is 1. The Bertz CT molecular complexity index is 617. The second kappa shape index (κ2) is 6.83. The fourth-order valence-corrected chi connectivity index (χ4v) is 2.71. The third kappa shape index (κ3) is 4.07. The standard InChI is InChI=1S/C17H24F2N2O3/c1-11-10-20(16(22)24-17(2,3)4)6-7-21(11)14-8-12(18)13(19)9-15(14)23-5/h8-9,11H,6-7,10H2,1-5H3/t11-/m0/s1. The Balaban J connectivity index is 2.14. The minimum Gasteiger partial charge on any atom is -0.494 e. The summed E-state index contributed by atoms with van der Waals surface area (Å²) >= 11 is 0. The van der Waals surface area contributed by atoms with Gasteiger partial charge in [-0.05, 0) is 27.7 Å². The molecule has 0 radical (unpaired) electrons. The number of ether oxygens (including phenoxy) is 2. The zero-order valence-electron chi connectivity index (χ0n) is 14.7. The molecule has 134 valence electrons. The van der Waals surface area contributed by atoms with Gasteiger partial charge in [-0.15, -0.1) is 0 Å². The molecule has 0 saturated carbocycles. The maximum atomic E-state index is 13.6. The molecule has 7 heteroatoms. The van der Waals surface area contributed by atoms with Gasteiger partial charge >= 0.3 is 6.09 Å². The Morgan fingerprint density at radius 3 is 2.38 bits per heavy atom. The van der Waals surface area contributed by atoms with E-state index >= 15 is 0 Å². The van der Waals surface area contributed by atoms with Crippen LogP contribution >= 0.6 is 0 Å². The van der Waals surface area contributed by atoms with Gasteiger partial charge in [-0.2, -0.15) is 0 Å². The molecule has 5 nitrogen and oxygen atoms in total. The quantitative estimate of drug-likeness (QED) is 0.826. The summed E-state index contributed by atoms with van der Waals surface area (Å²) in [5.41, 5.74) is -0.0754.